The number of halogens is 2. The number of rotatable bonds is 7. The highest BCUT2D eigenvalue weighted by atomic mass is 35.5. The van der Waals surface area contributed by atoms with E-state index in [2.05, 4.69) is 10.3 Å². The summed E-state index contributed by atoms with van der Waals surface area (Å²) in [6.45, 7) is 2.94. The maximum absolute atomic E-state index is 12.9. The molecule has 1 aliphatic rings. The number of nitrogens with one attached hydrogen (secondary N) is 1. The highest BCUT2D eigenvalue weighted by Gasteiger charge is 2.20. The number of ether oxygens (including phenoxy) is 1. The standard InChI is InChI=1S/C23H23Cl2N3O2/c1-15-26-7-8-28(15)14-17-9-18(12-20(10-17)30-19-3-2-4-19)23(29)27-13-16-5-6-21(24)22(25)11-16/h5-12,19H,2-4,13-14H2,1H3,(H,27,29). The minimum absolute atomic E-state index is 0.163. The van der Waals surface area contributed by atoms with E-state index in [-0.39, 0.29) is 12.0 Å². The number of benzene rings is 2. The predicted molar refractivity (Wildman–Crippen MR) is 118 cm³/mol. The van der Waals surface area contributed by atoms with Crippen molar-refractivity contribution in [2.45, 2.75) is 45.4 Å². The number of hydrogen-bond acceptors (Lipinski definition) is 3. The molecule has 3 aromatic rings. The summed E-state index contributed by atoms with van der Waals surface area (Å²) in [4.78, 5) is 17.1. The van der Waals surface area contributed by atoms with Crippen LogP contribution in [-0.4, -0.2) is 21.6 Å². The molecule has 7 heteroatoms. The van der Waals surface area contributed by atoms with Gasteiger partial charge in [0, 0.05) is 31.0 Å². The summed E-state index contributed by atoms with van der Waals surface area (Å²) in [5, 5.41) is 3.91. The zero-order valence-corrected chi connectivity index (χ0v) is 18.2. The highest BCUT2D eigenvalue weighted by Crippen LogP contribution is 2.27. The van der Waals surface area contributed by atoms with Crippen LogP contribution in [0.3, 0.4) is 0 Å². The molecule has 0 atom stereocenters. The fourth-order valence-electron chi connectivity index (χ4n) is 3.33. The second-order valence-electron chi connectivity index (χ2n) is 7.57. The maximum Gasteiger partial charge on any atom is 0.251 e. The number of aryl methyl sites for hydroxylation is 1. The summed E-state index contributed by atoms with van der Waals surface area (Å²) in [7, 11) is 0. The fraction of sp³-hybridized carbons (Fsp3) is 0.304. The average molecular weight is 444 g/mol. The summed E-state index contributed by atoms with van der Waals surface area (Å²) >= 11 is 12.0. The third-order valence-electron chi connectivity index (χ3n) is 5.30. The van der Waals surface area contributed by atoms with E-state index >= 15 is 0 Å². The van der Waals surface area contributed by atoms with E-state index in [9.17, 15) is 4.79 Å². The lowest BCUT2D eigenvalue weighted by molar-refractivity contribution is 0.0947. The first-order valence-electron chi connectivity index (χ1n) is 9.98. The first-order valence-corrected chi connectivity index (χ1v) is 10.7. The van der Waals surface area contributed by atoms with Crippen LogP contribution in [-0.2, 0) is 13.1 Å². The Morgan fingerprint density at radius 1 is 1.17 bits per heavy atom. The minimum atomic E-state index is -0.163. The zero-order chi connectivity index (χ0) is 21.1. The Morgan fingerprint density at radius 3 is 2.67 bits per heavy atom. The van der Waals surface area contributed by atoms with E-state index in [1.807, 2.05) is 42.0 Å². The Balaban J connectivity index is 1.52. The molecule has 0 radical (unpaired) electrons. The van der Waals surface area contributed by atoms with Crippen molar-refractivity contribution in [1.82, 2.24) is 14.9 Å². The van der Waals surface area contributed by atoms with Crippen molar-refractivity contribution in [3.8, 4) is 5.75 Å². The molecule has 4 rings (SSSR count). The van der Waals surface area contributed by atoms with Crippen molar-refractivity contribution >= 4 is 29.1 Å². The quantitative estimate of drug-likeness (QED) is 0.530. The summed E-state index contributed by atoms with van der Waals surface area (Å²) < 4.78 is 8.13. The van der Waals surface area contributed by atoms with Gasteiger partial charge in [-0.05, 0) is 67.6 Å². The Bertz CT molecular complexity index is 1060. The van der Waals surface area contributed by atoms with Crippen LogP contribution in [0.15, 0.2) is 48.8 Å². The van der Waals surface area contributed by atoms with E-state index in [0.29, 0.717) is 28.7 Å². The number of carbonyl (C=O) groups is 1. The number of amides is 1. The summed E-state index contributed by atoms with van der Waals surface area (Å²) in [5.74, 6) is 1.49. The van der Waals surface area contributed by atoms with E-state index in [1.165, 1.54) is 6.42 Å². The smallest absolute Gasteiger partial charge is 0.251 e. The molecule has 0 saturated heterocycles. The maximum atomic E-state index is 12.9. The molecule has 0 bridgehead atoms. The van der Waals surface area contributed by atoms with Gasteiger partial charge in [0.15, 0.2) is 0 Å². The third kappa shape index (κ3) is 4.97. The average Bonchev–Trinajstić information content (AvgIpc) is 3.10. The molecular formula is C23H23Cl2N3O2. The lowest BCUT2D eigenvalue weighted by atomic mass is 9.96. The van der Waals surface area contributed by atoms with Gasteiger partial charge in [-0.3, -0.25) is 4.79 Å². The Morgan fingerprint density at radius 2 is 2.00 bits per heavy atom. The van der Waals surface area contributed by atoms with Crippen LogP contribution in [0.4, 0.5) is 0 Å². The highest BCUT2D eigenvalue weighted by molar-refractivity contribution is 6.42. The predicted octanol–water partition coefficient (Wildman–Crippen LogP) is 5.41. The first kappa shape index (κ1) is 20.8. The molecule has 1 fully saturated rings. The van der Waals surface area contributed by atoms with Gasteiger partial charge in [-0.25, -0.2) is 4.98 Å². The molecule has 0 unspecified atom stereocenters. The number of aromatic nitrogens is 2. The van der Waals surface area contributed by atoms with Crippen LogP contribution in [0.25, 0.3) is 0 Å². The summed E-state index contributed by atoms with van der Waals surface area (Å²) in [5.41, 5.74) is 2.45. The third-order valence-corrected chi connectivity index (χ3v) is 6.04. The molecule has 0 spiro atoms. The van der Waals surface area contributed by atoms with E-state index in [0.717, 1.165) is 35.5 Å². The molecule has 156 valence electrons. The molecule has 1 amide bonds. The van der Waals surface area contributed by atoms with Crippen LogP contribution in [0, 0.1) is 6.92 Å². The van der Waals surface area contributed by atoms with Crippen LogP contribution in [0.1, 0.15) is 46.6 Å². The summed E-state index contributed by atoms with van der Waals surface area (Å²) in [6.07, 6.45) is 7.25. The zero-order valence-electron chi connectivity index (χ0n) is 16.7. The van der Waals surface area contributed by atoms with Gasteiger partial charge in [0.05, 0.1) is 16.1 Å². The van der Waals surface area contributed by atoms with Crippen molar-refractivity contribution in [2.24, 2.45) is 0 Å². The monoisotopic (exact) mass is 443 g/mol. The van der Waals surface area contributed by atoms with Crippen molar-refractivity contribution in [1.29, 1.82) is 0 Å². The molecule has 2 aromatic carbocycles. The lowest BCUT2D eigenvalue weighted by Gasteiger charge is -2.27. The van der Waals surface area contributed by atoms with Gasteiger partial charge >= 0.3 is 0 Å². The minimum Gasteiger partial charge on any atom is -0.490 e. The van der Waals surface area contributed by atoms with E-state index in [4.69, 9.17) is 27.9 Å². The van der Waals surface area contributed by atoms with Crippen LogP contribution < -0.4 is 10.1 Å². The molecule has 1 aromatic heterocycles. The van der Waals surface area contributed by atoms with Gasteiger partial charge in [0.2, 0.25) is 0 Å². The van der Waals surface area contributed by atoms with Crippen molar-refractivity contribution in [2.75, 3.05) is 0 Å². The van der Waals surface area contributed by atoms with Crippen LogP contribution in [0.2, 0.25) is 10.0 Å². The van der Waals surface area contributed by atoms with Gasteiger partial charge in [0.1, 0.15) is 11.6 Å². The molecule has 5 nitrogen and oxygen atoms in total. The molecule has 0 aliphatic heterocycles. The normalized spacial score (nSPS) is 13.7. The summed E-state index contributed by atoms with van der Waals surface area (Å²) in [6, 6.07) is 11.0. The SMILES string of the molecule is Cc1nccn1Cc1cc(OC2CCC2)cc(C(=O)NCc2ccc(Cl)c(Cl)c2)c1. The van der Waals surface area contributed by atoms with Gasteiger partial charge < -0.3 is 14.6 Å². The Hall–Kier alpha value is -2.50. The number of carbonyl (C=O) groups excluding carboxylic acids is 1. The van der Waals surface area contributed by atoms with E-state index < -0.39 is 0 Å². The number of nitrogens with zero attached hydrogens (tertiary/aromatic N) is 2. The Kier molecular flexibility index (Phi) is 6.30. The largest absolute Gasteiger partial charge is 0.490 e. The van der Waals surface area contributed by atoms with Crippen molar-refractivity contribution < 1.29 is 9.53 Å². The first-order chi connectivity index (χ1) is 14.5. The second-order valence-corrected chi connectivity index (χ2v) is 8.38. The van der Waals surface area contributed by atoms with Crippen molar-refractivity contribution in [3.63, 3.8) is 0 Å². The van der Waals surface area contributed by atoms with Crippen molar-refractivity contribution in [3.05, 3.63) is 81.4 Å². The molecule has 1 N–H and O–H groups in total. The topological polar surface area (TPSA) is 56.2 Å². The second kappa shape index (κ2) is 9.11. The number of hydrogen-bond donors (Lipinski definition) is 1. The number of imidazole rings is 1. The van der Waals surface area contributed by atoms with Crippen LogP contribution in [0.5, 0.6) is 5.75 Å². The fourth-order valence-corrected chi connectivity index (χ4v) is 3.65. The van der Waals surface area contributed by atoms with E-state index in [1.54, 1.807) is 18.3 Å². The van der Waals surface area contributed by atoms with Gasteiger partial charge in [-0.2, -0.15) is 0 Å². The Labute approximate surface area is 186 Å². The molecular weight excluding hydrogens is 421 g/mol. The molecule has 1 heterocycles. The van der Waals surface area contributed by atoms with Gasteiger partial charge in [-0.15, -0.1) is 0 Å². The molecule has 1 saturated carbocycles. The molecule has 1 aliphatic carbocycles. The van der Waals surface area contributed by atoms with Crippen LogP contribution >= 0.6 is 23.2 Å². The van der Waals surface area contributed by atoms with Gasteiger partial charge in [0.25, 0.3) is 5.91 Å². The lowest BCUT2D eigenvalue weighted by Crippen LogP contribution is -2.26. The van der Waals surface area contributed by atoms with Gasteiger partial charge in [-0.1, -0.05) is 29.3 Å². The molecule has 30 heavy (non-hydrogen) atoms.